The van der Waals surface area contributed by atoms with E-state index in [-0.39, 0.29) is 0 Å². The van der Waals surface area contributed by atoms with Crippen molar-refractivity contribution >= 4 is 22.8 Å². The van der Waals surface area contributed by atoms with Gasteiger partial charge in [-0.2, -0.15) is 0 Å². The molecular formula is C17H19N2+. The summed E-state index contributed by atoms with van der Waals surface area (Å²) in [6.45, 7) is 4.51. The Morgan fingerprint density at radius 2 is 1.89 bits per heavy atom. The van der Waals surface area contributed by atoms with Crippen molar-refractivity contribution in [2.75, 3.05) is 0 Å². The molecule has 0 fully saturated rings. The maximum absolute atomic E-state index is 7.85. The molecule has 96 valence electrons. The molecule has 0 saturated heterocycles. The van der Waals surface area contributed by atoms with E-state index in [1.54, 1.807) is 0 Å². The second-order valence-corrected chi connectivity index (χ2v) is 4.53. The van der Waals surface area contributed by atoms with Crippen molar-refractivity contribution in [1.29, 1.82) is 5.41 Å². The number of rotatable bonds is 3. The predicted octanol–water partition coefficient (Wildman–Crippen LogP) is 4.00. The Bertz CT molecular complexity index is 646. The molecule has 1 N–H and O–H groups in total. The van der Waals surface area contributed by atoms with E-state index in [0.717, 1.165) is 6.54 Å². The number of hydrogen-bond acceptors (Lipinski definition) is 1. The summed E-state index contributed by atoms with van der Waals surface area (Å²) in [4.78, 5) is 0. The summed E-state index contributed by atoms with van der Waals surface area (Å²) in [6.07, 6.45) is 5.88. The molecule has 0 heterocycles. The minimum absolute atomic E-state index is 0.547. The molecule has 0 aromatic heterocycles. The average Bonchev–Trinajstić information content (AvgIpc) is 2.43. The fourth-order valence-corrected chi connectivity index (χ4v) is 2.09. The first-order chi connectivity index (χ1) is 9.22. The Morgan fingerprint density at radius 3 is 2.63 bits per heavy atom. The van der Waals surface area contributed by atoms with Crippen LogP contribution in [0.15, 0.2) is 54.6 Å². The van der Waals surface area contributed by atoms with E-state index in [4.69, 9.17) is 5.41 Å². The predicted molar refractivity (Wildman–Crippen MR) is 82.2 cm³/mol. The van der Waals surface area contributed by atoms with Gasteiger partial charge in [0.15, 0.2) is 0 Å². The average molecular weight is 251 g/mol. The quantitative estimate of drug-likeness (QED) is 0.485. The van der Waals surface area contributed by atoms with Gasteiger partial charge in [0.05, 0.1) is 6.21 Å². The second kappa shape index (κ2) is 6.10. The highest BCUT2D eigenvalue weighted by Gasteiger charge is 2.08. The summed E-state index contributed by atoms with van der Waals surface area (Å²) in [5.41, 5.74) is 1.24. The molecule has 0 radical (unpaired) electrons. The van der Waals surface area contributed by atoms with Gasteiger partial charge in [-0.1, -0.05) is 48.5 Å². The zero-order valence-corrected chi connectivity index (χ0v) is 11.4. The molecule has 0 aliphatic heterocycles. The number of nitrogens with one attached hydrogen (secondary N) is 1. The lowest BCUT2D eigenvalue weighted by atomic mass is 10.0. The van der Waals surface area contributed by atoms with Crippen LogP contribution in [-0.4, -0.2) is 16.6 Å². The van der Waals surface area contributed by atoms with Crippen LogP contribution in [0.4, 0.5) is 0 Å². The molecule has 0 amide bonds. The van der Waals surface area contributed by atoms with E-state index >= 15 is 0 Å². The third kappa shape index (κ3) is 3.16. The summed E-state index contributed by atoms with van der Waals surface area (Å²) in [5.74, 6) is 0.547. The first-order valence-corrected chi connectivity index (χ1v) is 6.47. The summed E-state index contributed by atoms with van der Waals surface area (Å²) in [5, 5.41) is 10.3. The number of fused-ring (bicyclic) bond motifs is 1. The first-order valence-electron chi connectivity index (χ1n) is 6.47. The summed E-state index contributed by atoms with van der Waals surface area (Å²) in [6, 6.07) is 14.7. The maximum atomic E-state index is 7.85. The van der Waals surface area contributed by atoms with Gasteiger partial charge < -0.3 is 0 Å². The minimum atomic E-state index is 0.547. The van der Waals surface area contributed by atoms with Crippen LogP contribution in [0.3, 0.4) is 0 Å². The summed E-state index contributed by atoms with van der Waals surface area (Å²) >= 11 is 0. The minimum Gasteiger partial charge on any atom is -0.231 e. The lowest BCUT2D eigenvalue weighted by Crippen LogP contribution is -2.17. The molecule has 0 aliphatic rings. The molecule has 2 aromatic carbocycles. The zero-order chi connectivity index (χ0) is 13.7. The van der Waals surface area contributed by atoms with E-state index in [1.165, 1.54) is 16.3 Å². The van der Waals surface area contributed by atoms with E-state index in [2.05, 4.69) is 42.5 Å². The first kappa shape index (κ1) is 13.2. The SMILES string of the molecule is C/C=C\C=[N+](Cc1cccc2ccccc12)C(C)=N. The van der Waals surface area contributed by atoms with Crippen LogP contribution in [0.25, 0.3) is 10.8 Å². The van der Waals surface area contributed by atoms with Gasteiger partial charge in [0, 0.05) is 12.5 Å². The Balaban J connectivity index is 2.42. The van der Waals surface area contributed by atoms with Gasteiger partial charge in [-0.05, 0) is 23.8 Å². The smallest absolute Gasteiger partial charge is 0.231 e. The molecule has 0 saturated carbocycles. The third-order valence-corrected chi connectivity index (χ3v) is 3.11. The highest BCUT2D eigenvalue weighted by molar-refractivity contribution is 5.86. The van der Waals surface area contributed by atoms with Crippen molar-refractivity contribution in [2.24, 2.45) is 0 Å². The Labute approximate surface area is 114 Å². The monoisotopic (exact) mass is 251 g/mol. The highest BCUT2D eigenvalue weighted by atomic mass is 15.0. The molecule has 0 unspecified atom stereocenters. The molecule has 0 aliphatic carbocycles. The van der Waals surface area contributed by atoms with Crippen LogP contribution in [0.1, 0.15) is 19.4 Å². The fraction of sp³-hybridized carbons (Fsp3) is 0.176. The Kier molecular flexibility index (Phi) is 4.24. The maximum Gasteiger partial charge on any atom is 0.286 e. The molecule has 0 atom stereocenters. The van der Waals surface area contributed by atoms with Gasteiger partial charge >= 0.3 is 0 Å². The third-order valence-electron chi connectivity index (χ3n) is 3.11. The van der Waals surface area contributed by atoms with Crippen LogP contribution in [0.5, 0.6) is 0 Å². The van der Waals surface area contributed by atoms with Crippen molar-refractivity contribution in [2.45, 2.75) is 20.4 Å². The Morgan fingerprint density at radius 1 is 1.16 bits per heavy atom. The van der Waals surface area contributed by atoms with E-state index in [0.29, 0.717) is 5.84 Å². The lowest BCUT2D eigenvalue weighted by molar-refractivity contribution is -0.422. The number of hydrogen-bond donors (Lipinski definition) is 1. The van der Waals surface area contributed by atoms with Crippen molar-refractivity contribution in [3.8, 4) is 0 Å². The molecular weight excluding hydrogens is 232 g/mol. The van der Waals surface area contributed by atoms with Crippen LogP contribution >= 0.6 is 0 Å². The molecule has 2 heteroatoms. The van der Waals surface area contributed by atoms with E-state index < -0.39 is 0 Å². The van der Waals surface area contributed by atoms with Gasteiger partial charge in [0.25, 0.3) is 5.84 Å². The van der Waals surface area contributed by atoms with Crippen LogP contribution in [-0.2, 0) is 6.54 Å². The zero-order valence-electron chi connectivity index (χ0n) is 11.4. The second-order valence-electron chi connectivity index (χ2n) is 4.53. The van der Waals surface area contributed by atoms with Crippen LogP contribution in [0.2, 0.25) is 0 Å². The van der Waals surface area contributed by atoms with Gasteiger partial charge in [0.1, 0.15) is 6.54 Å². The summed E-state index contributed by atoms with van der Waals surface area (Å²) < 4.78 is 1.95. The topological polar surface area (TPSA) is 26.9 Å². The summed E-state index contributed by atoms with van der Waals surface area (Å²) in [7, 11) is 0. The largest absolute Gasteiger partial charge is 0.286 e. The number of amidine groups is 1. The van der Waals surface area contributed by atoms with Crippen LogP contribution < -0.4 is 0 Å². The van der Waals surface area contributed by atoms with Crippen molar-refractivity contribution in [3.63, 3.8) is 0 Å². The molecule has 19 heavy (non-hydrogen) atoms. The normalized spacial score (nSPS) is 12.2. The van der Waals surface area contributed by atoms with Crippen LogP contribution in [0, 0.1) is 5.41 Å². The van der Waals surface area contributed by atoms with Crippen molar-refractivity contribution in [1.82, 2.24) is 0 Å². The number of allylic oxidation sites excluding steroid dienone is 2. The molecule has 0 bridgehead atoms. The van der Waals surface area contributed by atoms with Gasteiger partial charge in [0.2, 0.25) is 0 Å². The molecule has 2 nitrogen and oxygen atoms in total. The van der Waals surface area contributed by atoms with Crippen molar-refractivity contribution < 1.29 is 4.58 Å². The standard InChI is InChI=1S/C17H19N2/c1-3-4-12-19(14(2)18)13-16-10-7-9-15-8-5-6-11-17(15)16/h3-12,18H,13H2,1-2H3/q+1/b4-3-,18-14?,19-12?. The van der Waals surface area contributed by atoms with E-state index in [1.807, 2.05) is 36.8 Å². The number of nitrogens with zero attached hydrogens (tertiary/aromatic N) is 1. The van der Waals surface area contributed by atoms with Gasteiger partial charge in [-0.25, -0.2) is 4.58 Å². The molecule has 0 spiro atoms. The Hall–Kier alpha value is -2.22. The van der Waals surface area contributed by atoms with Gasteiger partial charge in [-0.15, -0.1) is 5.41 Å². The fourth-order valence-electron chi connectivity index (χ4n) is 2.09. The highest BCUT2D eigenvalue weighted by Crippen LogP contribution is 2.19. The molecule has 2 aromatic rings. The number of benzene rings is 2. The van der Waals surface area contributed by atoms with Gasteiger partial charge in [-0.3, -0.25) is 0 Å². The molecule has 2 rings (SSSR count). The lowest BCUT2D eigenvalue weighted by Gasteiger charge is -2.07. The van der Waals surface area contributed by atoms with Crippen molar-refractivity contribution in [3.05, 3.63) is 60.2 Å². The van der Waals surface area contributed by atoms with E-state index in [9.17, 15) is 0 Å².